The quantitative estimate of drug-likeness (QED) is 0.833. The number of halogens is 1. The third-order valence-electron chi connectivity index (χ3n) is 4.00. The minimum absolute atomic E-state index is 0.148. The van der Waals surface area contributed by atoms with E-state index in [1.54, 1.807) is 12.1 Å². The van der Waals surface area contributed by atoms with Gasteiger partial charge in [0.2, 0.25) is 5.95 Å². The maximum absolute atomic E-state index is 12.1. The van der Waals surface area contributed by atoms with E-state index >= 15 is 0 Å². The van der Waals surface area contributed by atoms with Crippen LogP contribution in [0.3, 0.4) is 0 Å². The predicted molar refractivity (Wildman–Crippen MR) is 99.9 cm³/mol. The van der Waals surface area contributed by atoms with Gasteiger partial charge in [0.25, 0.3) is 0 Å². The van der Waals surface area contributed by atoms with Crippen molar-refractivity contribution in [2.75, 3.05) is 30.4 Å². The first-order valence-electron chi connectivity index (χ1n) is 8.40. The highest BCUT2D eigenvalue weighted by Crippen LogP contribution is 2.22. The Balaban J connectivity index is 1.64. The Hall–Kier alpha value is -2.61. The van der Waals surface area contributed by atoms with Gasteiger partial charge in [-0.1, -0.05) is 17.7 Å². The molecule has 0 bridgehead atoms. The number of aryl methyl sites for hydroxylation is 1. The van der Waals surface area contributed by atoms with Crippen molar-refractivity contribution in [1.29, 1.82) is 0 Å². The normalized spacial score (nSPS) is 13.6. The molecule has 2 aromatic rings. The number of anilines is 2. The number of carbonyl (C=O) groups is 1. The van der Waals surface area contributed by atoms with E-state index in [0.29, 0.717) is 22.5 Å². The molecular weight excluding hydrogens is 356 g/mol. The molecule has 1 aromatic heterocycles. The molecule has 0 spiro atoms. The number of nitrogens with one attached hydrogen (secondary N) is 2. The lowest BCUT2D eigenvalue weighted by molar-refractivity contribution is 0.251. The van der Waals surface area contributed by atoms with Gasteiger partial charge in [-0.15, -0.1) is 0 Å². The van der Waals surface area contributed by atoms with Crippen LogP contribution < -0.4 is 20.3 Å². The van der Waals surface area contributed by atoms with E-state index in [1.807, 2.05) is 13.0 Å². The summed E-state index contributed by atoms with van der Waals surface area (Å²) < 4.78 is 5.15. The molecule has 2 amide bonds. The number of hydrogen-bond donors (Lipinski definition) is 2. The Morgan fingerprint density at radius 2 is 2.04 bits per heavy atom. The standard InChI is InChI=1S/C17H21ClN6O2/c1-11-5-6-13(12(18)9-11)20-16(25)19-10-14-21-15(23-17(22-14)26-2)24-7-3-4-8-24/h5-6,9H,3-4,7-8,10H2,1-2H3,(H2,19,20,25). The average Bonchev–Trinajstić information content (AvgIpc) is 3.17. The van der Waals surface area contributed by atoms with Crippen molar-refractivity contribution < 1.29 is 9.53 Å². The molecule has 26 heavy (non-hydrogen) atoms. The monoisotopic (exact) mass is 376 g/mol. The molecule has 9 heteroatoms. The second-order valence-electron chi connectivity index (χ2n) is 6.02. The third-order valence-corrected chi connectivity index (χ3v) is 4.31. The molecule has 0 radical (unpaired) electrons. The zero-order valence-corrected chi connectivity index (χ0v) is 15.5. The van der Waals surface area contributed by atoms with Crippen LogP contribution >= 0.6 is 11.6 Å². The van der Waals surface area contributed by atoms with E-state index < -0.39 is 6.03 Å². The molecule has 0 atom stereocenters. The van der Waals surface area contributed by atoms with Crippen molar-refractivity contribution in [3.63, 3.8) is 0 Å². The first-order chi connectivity index (χ1) is 12.5. The summed E-state index contributed by atoms with van der Waals surface area (Å²) in [5, 5.41) is 5.92. The molecule has 138 valence electrons. The molecule has 1 aliphatic rings. The van der Waals surface area contributed by atoms with Crippen molar-refractivity contribution in [3.05, 3.63) is 34.6 Å². The zero-order valence-electron chi connectivity index (χ0n) is 14.8. The number of urea groups is 1. The Kier molecular flexibility index (Phi) is 5.72. The van der Waals surface area contributed by atoms with Crippen LogP contribution in [0.5, 0.6) is 6.01 Å². The minimum atomic E-state index is -0.391. The highest BCUT2D eigenvalue weighted by molar-refractivity contribution is 6.33. The van der Waals surface area contributed by atoms with E-state index in [4.69, 9.17) is 16.3 Å². The lowest BCUT2D eigenvalue weighted by Crippen LogP contribution is -2.30. The van der Waals surface area contributed by atoms with Crippen LogP contribution in [0.25, 0.3) is 0 Å². The fourth-order valence-electron chi connectivity index (χ4n) is 2.66. The van der Waals surface area contributed by atoms with Crippen LogP contribution in [0.15, 0.2) is 18.2 Å². The molecule has 1 aromatic carbocycles. The van der Waals surface area contributed by atoms with Gasteiger partial charge >= 0.3 is 12.0 Å². The molecule has 1 aliphatic heterocycles. The maximum Gasteiger partial charge on any atom is 0.321 e. The minimum Gasteiger partial charge on any atom is -0.467 e. The van der Waals surface area contributed by atoms with E-state index in [1.165, 1.54) is 7.11 Å². The summed E-state index contributed by atoms with van der Waals surface area (Å²) in [5.74, 6) is 1.01. The summed E-state index contributed by atoms with van der Waals surface area (Å²) in [7, 11) is 1.51. The van der Waals surface area contributed by atoms with Gasteiger partial charge in [0.05, 0.1) is 24.4 Å². The van der Waals surface area contributed by atoms with Gasteiger partial charge in [-0.25, -0.2) is 4.79 Å². The van der Waals surface area contributed by atoms with Crippen LogP contribution in [-0.4, -0.2) is 41.2 Å². The Bertz CT molecular complexity index is 795. The van der Waals surface area contributed by atoms with Gasteiger partial charge in [0.15, 0.2) is 5.82 Å². The number of aromatic nitrogens is 3. The Labute approximate surface area is 156 Å². The Morgan fingerprint density at radius 3 is 2.73 bits per heavy atom. The molecule has 1 saturated heterocycles. The third kappa shape index (κ3) is 4.51. The number of benzene rings is 1. The van der Waals surface area contributed by atoms with Gasteiger partial charge in [-0.2, -0.15) is 15.0 Å². The lowest BCUT2D eigenvalue weighted by Gasteiger charge is -2.16. The van der Waals surface area contributed by atoms with Crippen molar-refractivity contribution in [2.24, 2.45) is 0 Å². The van der Waals surface area contributed by atoms with Crippen LogP contribution in [0.2, 0.25) is 5.02 Å². The molecule has 3 rings (SSSR count). The average molecular weight is 377 g/mol. The summed E-state index contributed by atoms with van der Waals surface area (Å²) in [6, 6.07) is 5.27. The summed E-state index contributed by atoms with van der Waals surface area (Å²) in [6.07, 6.45) is 2.22. The van der Waals surface area contributed by atoms with E-state index in [9.17, 15) is 4.79 Å². The second kappa shape index (κ2) is 8.18. The molecule has 0 unspecified atom stereocenters. The van der Waals surface area contributed by atoms with Crippen molar-refractivity contribution in [3.8, 4) is 6.01 Å². The molecule has 1 fully saturated rings. The zero-order chi connectivity index (χ0) is 18.5. The van der Waals surface area contributed by atoms with E-state index in [-0.39, 0.29) is 12.6 Å². The van der Waals surface area contributed by atoms with Crippen molar-refractivity contribution in [2.45, 2.75) is 26.3 Å². The predicted octanol–water partition coefficient (Wildman–Crippen LogP) is 2.76. The molecule has 2 heterocycles. The molecule has 2 N–H and O–H groups in total. The van der Waals surface area contributed by atoms with Crippen molar-refractivity contribution in [1.82, 2.24) is 20.3 Å². The highest BCUT2D eigenvalue weighted by Gasteiger charge is 2.18. The van der Waals surface area contributed by atoms with Crippen LogP contribution in [-0.2, 0) is 6.54 Å². The number of nitrogens with zero attached hydrogens (tertiary/aromatic N) is 4. The maximum atomic E-state index is 12.1. The van der Waals surface area contributed by atoms with Gasteiger partial charge in [-0.3, -0.25) is 0 Å². The van der Waals surface area contributed by atoms with E-state index in [0.717, 1.165) is 31.5 Å². The topological polar surface area (TPSA) is 92.3 Å². The number of carbonyl (C=O) groups excluding carboxylic acids is 1. The smallest absolute Gasteiger partial charge is 0.321 e. The fraction of sp³-hybridized carbons (Fsp3) is 0.412. The first kappa shape index (κ1) is 18.2. The molecule has 0 saturated carbocycles. The molecule has 8 nitrogen and oxygen atoms in total. The number of hydrogen-bond acceptors (Lipinski definition) is 6. The van der Waals surface area contributed by atoms with Gasteiger partial charge in [-0.05, 0) is 37.5 Å². The SMILES string of the molecule is COc1nc(CNC(=O)Nc2ccc(C)cc2Cl)nc(N2CCCC2)n1. The largest absolute Gasteiger partial charge is 0.467 e. The fourth-order valence-corrected chi connectivity index (χ4v) is 2.94. The van der Waals surface area contributed by atoms with Crippen molar-refractivity contribution >= 4 is 29.3 Å². The second-order valence-corrected chi connectivity index (χ2v) is 6.43. The molecular formula is C17H21ClN6O2. The highest BCUT2D eigenvalue weighted by atomic mass is 35.5. The summed E-state index contributed by atoms with van der Waals surface area (Å²) >= 11 is 6.13. The van der Waals surface area contributed by atoms with Gasteiger partial charge < -0.3 is 20.3 Å². The van der Waals surface area contributed by atoms with Gasteiger partial charge in [0.1, 0.15) is 0 Å². The number of ether oxygens (including phenoxy) is 1. The number of methoxy groups -OCH3 is 1. The van der Waals surface area contributed by atoms with Crippen LogP contribution in [0.4, 0.5) is 16.4 Å². The lowest BCUT2D eigenvalue weighted by atomic mass is 10.2. The van der Waals surface area contributed by atoms with Crippen LogP contribution in [0.1, 0.15) is 24.2 Å². The first-order valence-corrected chi connectivity index (χ1v) is 8.78. The van der Waals surface area contributed by atoms with Gasteiger partial charge in [0, 0.05) is 13.1 Å². The Morgan fingerprint density at radius 1 is 1.27 bits per heavy atom. The van der Waals surface area contributed by atoms with E-state index in [2.05, 4.69) is 30.5 Å². The summed E-state index contributed by atoms with van der Waals surface area (Å²) in [5.41, 5.74) is 1.56. The summed E-state index contributed by atoms with van der Waals surface area (Å²) in [6.45, 7) is 3.90. The molecule has 0 aliphatic carbocycles. The number of amides is 2. The van der Waals surface area contributed by atoms with Crippen LogP contribution in [0, 0.1) is 6.92 Å². The number of rotatable bonds is 5. The summed E-state index contributed by atoms with van der Waals surface area (Å²) in [4.78, 5) is 27.1.